The van der Waals surface area contributed by atoms with E-state index < -0.39 is 12.2 Å². The number of aliphatic hydroxyl groups excluding tert-OH is 4. The predicted octanol–water partition coefficient (Wildman–Crippen LogP) is 1.16. The third-order valence-electron chi connectivity index (χ3n) is 4.06. The molecule has 1 fully saturated rings. The van der Waals surface area contributed by atoms with Crippen LogP contribution in [0.5, 0.6) is 0 Å². The fraction of sp³-hybridized carbons (Fsp3) is 1.00. The van der Waals surface area contributed by atoms with Crippen molar-refractivity contribution in [3.8, 4) is 0 Å². The molecule has 0 aromatic heterocycles. The molecule has 0 amide bonds. The molecule has 110 valence electrons. The van der Waals surface area contributed by atoms with Crippen molar-refractivity contribution >= 4 is 0 Å². The molecule has 0 aromatic rings. The summed E-state index contributed by atoms with van der Waals surface area (Å²) >= 11 is 0. The van der Waals surface area contributed by atoms with Gasteiger partial charge in [0.15, 0.2) is 0 Å². The van der Waals surface area contributed by atoms with Crippen LogP contribution in [0.1, 0.15) is 46.5 Å². The highest BCUT2D eigenvalue weighted by atomic mass is 16.3. The van der Waals surface area contributed by atoms with E-state index in [1.807, 2.05) is 6.92 Å². The lowest BCUT2D eigenvalue weighted by molar-refractivity contribution is 0.0420. The van der Waals surface area contributed by atoms with Gasteiger partial charge in [-0.05, 0) is 38.5 Å². The van der Waals surface area contributed by atoms with E-state index in [0.29, 0.717) is 11.8 Å². The van der Waals surface area contributed by atoms with Crippen LogP contribution in [-0.4, -0.2) is 45.8 Å². The molecule has 0 radical (unpaired) electrons. The Labute approximate surface area is 111 Å². The maximum Gasteiger partial charge on any atom is 0.0562 e. The Kier molecular flexibility index (Phi) is 9.64. The van der Waals surface area contributed by atoms with Crippen molar-refractivity contribution in [1.82, 2.24) is 0 Å². The Morgan fingerprint density at radius 1 is 0.833 bits per heavy atom. The average molecular weight is 262 g/mol. The van der Waals surface area contributed by atoms with E-state index in [1.165, 1.54) is 12.8 Å². The summed E-state index contributed by atoms with van der Waals surface area (Å²) in [5.41, 5.74) is 0. The van der Waals surface area contributed by atoms with Gasteiger partial charge in [-0.1, -0.05) is 19.8 Å². The molecule has 4 nitrogen and oxygen atoms in total. The number of rotatable bonds is 4. The van der Waals surface area contributed by atoms with Crippen LogP contribution in [0.25, 0.3) is 0 Å². The fourth-order valence-corrected chi connectivity index (χ4v) is 2.17. The van der Waals surface area contributed by atoms with Gasteiger partial charge in [0.05, 0.1) is 12.2 Å². The van der Waals surface area contributed by atoms with Crippen LogP contribution >= 0.6 is 0 Å². The first-order valence-corrected chi connectivity index (χ1v) is 7.01. The molecule has 0 aliphatic heterocycles. The lowest BCUT2D eigenvalue weighted by Crippen LogP contribution is -2.25. The molecule has 18 heavy (non-hydrogen) atoms. The molecule has 4 atom stereocenters. The average Bonchev–Trinajstić information content (AvgIpc) is 2.38. The van der Waals surface area contributed by atoms with Gasteiger partial charge in [-0.2, -0.15) is 0 Å². The maximum atomic E-state index is 8.88. The Balaban J connectivity index is 0.000000331. The molecule has 0 spiro atoms. The minimum atomic E-state index is -0.407. The van der Waals surface area contributed by atoms with Gasteiger partial charge < -0.3 is 20.4 Å². The van der Waals surface area contributed by atoms with E-state index in [4.69, 9.17) is 20.4 Å². The second-order valence-corrected chi connectivity index (χ2v) is 5.51. The van der Waals surface area contributed by atoms with Crippen LogP contribution in [0.2, 0.25) is 0 Å². The smallest absolute Gasteiger partial charge is 0.0562 e. The van der Waals surface area contributed by atoms with E-state index in [2.05, 4.69) is 0 Å². The van der Waals surface area contributed by atoms with Crippen LogP contribution in [0.15, 0.2) is 0 Å². The standard InChI is InChI=1S/C8H16O2.C6H14O2/c9-5-7-3-1-2-4-8(7)6-10;1-4(5(2)7)6(3)8/h7-10H,1-6H2;4-8H,1-3H3. The summed E-state index contributed by atoms with van der Waals surface area (Å²) in [6.45, 7) is 5.68. The van der Waals surface area contributed by atoms with Crippen LogP contribution in [0.3, 0.4) is 0 Å². The Hall–Kier alpha value is -0.160. The third kappa shape index (κ3) is 6.69. The number of aliphatic hydroxyl groups is 4. The van der Waals surface area contributed by atoms with E-state index in [9.17, 15) is 0 Å². The van der Waals surface area contributed by atoms with Crippen LogP contribution < -0.4 is 0 Å². The van der Waals surface area contributed by atoms with Gasteiger partial charge in [-0.25, -0.2) is 0 Å². The minimum Gasteiger partial charge on any atom is -0.396 e. The molecular formula is C14H30O4. The van der Waals surface area contributed by atoms with Crippen molar-refractivity contribution in [2.75, 3.05) is 13.2 Å². The van der Waals surface area contributed by atoms with Gasteiger partial charge in [0.25, 0.3) is 0 Å². The first-order chi connectivity index (χ1) is 8.43. The summed E-state index contributed by atoms with van der Waals surface area (Å²) < 4.78 is 0. The summed E-state index contributed by atoms with van der Waals surface area (Å²) in [4.78, 5) is 0. The zero-order chi connectivity index (χ0) is 14.1. The first-order valence-electron chi connectivity index (χ1n) is 7.01. The Morgan fingerprint density at radius 2 is 1.17 bits per heavy atom. The van der Waals surface area contributed by atoms with Gasteiger partial charge in [0, 0.05) is 19.1 Å². The number of hydrogen-bond acceptors (Lipinski definition) is 4. The SMILES string of the molecule is CC(O)C(C)C(C)O.OCC1CCCCC1CO. The monoisotopic (exact) mass is 262 g/mol. The molecule has 4 N–H and O–H groups in total. The quantitative estimate of drug-likeness (QED) is 0.613. The summed E-state index contributed by atoms with van der Waals surface area (Å²) in [5, 5.41) is 35.4. The summed E-state index contributed by atoms with van der Waals surface area (Å²) in [6.07, 6.45) is 3.83. The normalized spacial score (nSPS) is 28.8. The predicted molar refractivity (Wildman–Crippen MR) is 72.1 cm³/mol. The fourth-order valence-electron chi connectivity index (χ4n) is 2.17. The van der Waals surface area contributed by atoms with Crippen molar-refractivity contribution in [3.05, 3.63) is 0 Å². The van der Waals surface area contributed by atoms with Gasteiger partial charge in [-0.3, -0.25) is 0 Å². The Bertz CT molecular complexity index is 174. The van der Waals surface area contributed by atoms with Gasteiger partial charge in [0.1, 0.15) is 0 Å². The van der Waals surface area contributed by atoms with Crippen molar-refractivity contribution in [2.45, 2.75) is 58.7 Å². The topological polar surface area (TPSA) is 80.9 Å². The lowest BCUT2D eigenvalue weighted by atomic mass is 9.80. The Morgan fingerprint density at radius 3 is 1.33 bits per heavy atom. The first kappa shape index (κ1) is 17.8. The zero-order valence-corrected chi connectivity index (χ0v) is 11.9. The molecule has 0 saturated heterocycles. The van der Waals surface area contributed by atoms with Crippen LogP contribution in [0, 0.1) is 17.8 Å². The molecule has 4 unspecified atom stereocenters. The highest BCUT2D eigenvalue weighted by Gasteiger charge is 2.23. The van der Waals surface area contributed by atoms with E-state index in [1.54, 1.807) is 13.8 Å². The van der Waals surface area contributed by atoms with Gasteiger partial charge in [-0.15, -0.1) is 0 Å². The molecule has 0 heterocycles. The van der Waals surface area contributed by atoms with Gasteiger partial charge >= 0.3 is 0 Å². The highest BCUT2D eigenvalue weighted by Crippen LogP contribution is 2.28. The second-order valence-electron chi connectivity index (χ2n) is 5.51. The van der Waals surface area contributed by atoms with E-state index >= 15 is 0 Å². The second kappa shape index (κ2) is 9.73. The van der Waals surface area contributed by atoms with Crippen molar-refractivity contribution < 1.29 is 20.4 Å². The third-order valence-corrected chi connectivity index (χ3v) is 4.06. The summed E-state index contributed by atoms with van der Waals surface area (Å²) in [5.74, 6) is 0.729. The van der Waals surface area contributed by atoms with Crippen LogP contribution in [0.4, 0.5) is 0 Å². The summed E-state index contributed by atoms with van der Waals surface area (Å²) in [6, 6.07) is 0. The van der Waals surface area contributed by atoms with Crippen molar-refractivity contribution in [1.29, 1.82) is 0 Å². The minimum absolute atomic E-state index is 0.0185. The molecule has 1 aliphatic carbocycles. The van der Waals surface area contributed by atoms with E-state index in [-0.39, 0.29) is 19.1 Å². The van der Waals surface area contributed by atoms with E-state index in [0.717, 1.165) is 12.8 Å². The largest absolute Gasteiger partial charge is 0.396 e. The summed E-state index contributed by atoms with van der Waals surface area (Å²) in [7, 11) is 0. The van der Waals surface area contributed by atoms with Crippen molar-refractivity contribution in [3.63, 3.8) is 0 Å². The molecule has 1 saturated carbocycles. The lowest BCUT2D eigenvalue weighted by Gasteiger charge is -2.28. The molecule has 0 aromatic carbocycles. The van der Waals surface area contributed by atoms with Gasteiger partial charge in [0.2, 0.25) is 0 Å². The highest BCUT2D eigenvalue weighted by molar-refractivity contribution is 4.73. The van der Waals surface area contributed by atoms with Crippen LogP contribution in [-0.2, 0) is 0 Å². The molecular weight excluding hydrogens is 232 g/mol. The number of hydrogen-bond donors (Lipinski definition) is 4. The zero-order valence-electron chi connectivity index (χ0n) is 11.9. The molecule has 1 aliphatic rings. The maximum absolute atomic E-state index is 8.88. The molecule has 4 heteroatoms. The molecule has 0 bridgehead atoms. The van der Waals surface area contributed by atoms with Crippen molar-refractivity contribution in [2.24, 2.45) is 17.8 Å². The molecule has 1 rings (SSSR count).